The molecule has 0 aromatic carbocycles. The zero-order valence-corrected chi connectivity index (χ0v) is 18.4. The molecule has 1 saturated carbocycles. The van der Waals surface area contributed by atoms with E-state index in [0.717, 1.165) is 25.9 Å². The number of piperidine rings is 1. The topological polar surface area (TPSA) is 57.8 Å². The third-order valence-corrected chi connectivity index (χ3v) is 7.36. The van der Waals surface area contributed by atoms with Crippen LogP contribution in [0.15, 0.2) is 11.6 Å². The van der Waals surface area contributed by atoms with E-state index in [-0.39, 0.29) is 42.4 Å². The summed E-state index contributed by atoms with van der Waals surface area (Å²) in [6.07, 6.45) is 2.81. The minimum atomic E-state index is -1.06. The smallest absolute Gasteiger partial charge is 0.130 e. The molecule has 4 aliphatic rings. The summed E-state index contributed by atoms with van der Waals surface area (Å²) < 4.78 is 42.5. The highest BCUT2D eigenvalue weighted by Crippen LogP contribution is 2.40. The van der Waals surface area contributed by atoms with Gasteiger partial charge in [-0.05, 0) is 53.2 Å². The fourth-order valence-electron chi connectivity index (χ4n) is 5.69. The predicted octanol–water partition coefficient (Wildman–Crippen LogP) is 1.37. The lowest BCUT2D eigenvalue weighted by Gasteiger charge is -2.48. The molecule has 2 saturated heterocycles. The van der Waals surface area contributed by atoms with Gasteiger partial charge in [-0.3, -0.25) is 10.6 Å². The van der Waals surface area contributed by atoms with Gasteiger partial charge in [-0.15, -0.1) is 0 Å². The van der Waals surface area contributed by atoms with E-state index in [1.807, 2.05) is 6.92 Å². The van der Waals surface area contributed by atoms with E-state index in [9.17, 15) is 4.39 Å². The van der Waals surface area contributed by atoms with Gasteiger partial charge in [-0.25, -0.2) is 8.78 Å². The quantitative estimate of drug-likeness (QED) is 0.588. The van der Waals surface area contributed by atoms with E-state index in [1.54, 1.807) is 7.05 Å². The van der Waals surface area contributed by atoms with E-state index < -0.39 is 12.3 Å². The summed E-state index contributed by atoms with van der Waals surface area (Å²) in [6, 6.07) is -0.871. The molecular formula is C22H38F2N4O2. The fraction of sp³-hybridized carbons (Fsp3) is 0.909. The third kappa shape index (κ3) is 4.74. The SMILES string of the molecule is CNC1CC(NC2CC3OCCOC3C(C3=CCN(C)CCC3)C2F)NC(C)C1F. The summed E-state index contributed by atoms with van der Waals surface area (Å²) in [6.45, 7) is 4.80. The summed E-state index contributed by atoms with van der Waals surface area (Å²) in [5, 5.41) is 9.85. The number of hydrogen-bond acceptors (Lipinski definition) is 6. The van der Waals surface area contributed by atoms with Crippen LogP contribution < -0.4 is 16.0 Å². The Bertz CT molecular complexity index is 610. The Balaban J connectivity index is 1.51. The van der Waals surface area contributed by atoms with E-state index >= 15 is 4.39 Å². The van der Waals surface area contributed by atoms with Crippen molar-refractivity contribution in [2.45, 2.75) is 81.4 Å². The highest BCUT2D eigenvalue weighted by atomic mass is 19.1. The fourth-order valence-corrected chi connectivity index (χ4v) is 5.69. The molecule has 0 radical (unpaired) electrons. The van der Waals surface area contributed by atoms with Gasteiger partial charge in [0.05, 0.1) is 31.6 Å². The molecule has 0 aromatic heterocycles. The lowest BCUT2D eigenvalue weighted by atomic mass is 9.74. The van der Waals surface area contributed by atoms with Crippen LogP contribution >= 0.6 is 0 Å². The number of nitrogens with zero attached hydrogens (tertiary/aromatic N) is 1. The molecule has 3 fully saturated rings. The minimum Gasteiger partial charge on any atom is -0.373 e. The first-order valence-corrected chi connectivity index (χ1v) is 11.6. The summed E-state index contributed by atoms with van der Waals surface area (Å²) >= 11 is 0. The number of nitrogens with one attached hydrogen (secondary N) is 3. The second kappa shape index (κ2) is 9.88. The van der Waals surface area contributed by atoms with E-state index in [0.29, 0.717) is 26.1 Å². The number of likely N-dealkylation sites (N-methyl/N-ethyl adjacent to an activating group) is 1. The van der Waals surface area contributed by atoms with Gasteiger partial charge in [0.1, 0.15) is 12.3 Å². The highest BCUT2D eigenvalue weighted by molar-refractivity contribution is 5.18. The molecule has 0 spiro atoms. The van der Waals surface area contributed by atoms with Crippen LogP contribution in [0.4, 0.5) is 8.78 Å². The molecule has 172 valence electrons. The van der Waals surface area contributed by atoms with Gasteiger partial charge in [0.15, 0.2) is 0 Å². The number of rotatable bonds is 4. The average molecular weight is 429 g/mol. The van der Waals surface area contributed by atoms with Crippen molar-refractivity contribution in [3.63, 3.8) is 0 Å². The average Bonchev–Trinajstić information content (AvgIpc) is 2.95. The Morgan fingerprint density at radius 2 is 1.93 bits per heavy atom. The van der Waals surface area contributed by atoms with Crippen LogP contribution in [0.2, 0.25) is 0 Å². The van der Waals surface area contributed by atoms with Gasteiger partial charge in [0.2, 0.25) is 0 Å². The first kappa shape index (κ1) is 22.6. The standard InChI is InChI=1S/C22H38F2N4O2/c1-13-20(23)15(25-2)12-18(26-13)27-16-11-17-22(30-10-9-29-17)19(21(16)24)14-5-4-7-28(3)8-6-14/h6,13,15-22,25-27H,4-5,7-12H2,1-3H3. The van der Waals surface area contributed by atoms with Gasteiger partial charge in [-0.2, -0.15) is 0 Å². The van der Waals surface area contributed by atoms with Crippen molar-refractivity contribution in [3.8, 4) is 0 Å². The summed E-state index contributed by atoms with van der Waals surface area (Å²) in [5.41, 5.74) is 1.17. The Hall–Kier alpha value is -0.640. The van der Waals surface area contributed by atoms with E-state index in [1.165, 1.54) is 5.57 Å². The molecule has 0 bridgehead atoms. The molecular weight excluding hydrogens is 390 g/mol. The van der Waals surface area contributed by atoms with Crippen molar-refractivity contribution in [1.82, 2.24) is 20.9 Å². The molecule has 9 unspecified atom stereocenters. The van der Waals surface area contributed by atoms with Crippen molar-refractivity contribution in [2.24, 2.45) is 5.92 Å². The van der Waals surface area contributed by atoms with Gasteiger partial charge in [0.25, 0.3) is 0 Å². The molecule has 3 N–H and O–H groups in total. The maximum Gasteiger partial charge on any atom is 0.130 e. The van der Waals surface area contributed by atoms with Crippen LogP contribution in [0.5, 0.6) is 0 Å². The second-order valence-corrected chi connectivity index (χ2v) is 9.45. The number of alkyl halides is 2. The zero-order chi connectivity index (χ0) is 21.3. The molecule has 0 aromatic rings. The molecule has 1 aliphatic carbocycles. The molecule has 8 heteroatoms. The van der Waals surface area contributed by atoms with Gasteiger partial charge in [0, 0.05) is 30.6 Å². The summed E-state index contributed by atoms with van der Waals surface area (Å²) in [4.78, 5) is 2.27. The van der Waals surface area contributed by atoms with Crippen molar-refractivity contribution >= 4 is 0 Å². The number of halogens is 2. The van der Waals surface area contributed by atoms with Gasteiger partial charge < -0.3 is 19.7 Å². The Morgan fingerprint density at radius 1 is 1.13 bits per heavy atom. The first-order valence-electron chi connectivity index (χ1n) is 11.6. The summed E-state index contributed by atoms with van der Waals surface area (Å²) in [7, 11) is 3.89. The van der Waals surface area contributed by atoms with E-state index in [4.69, 9.17) is 9.47 Å². The Labute approximate surface area is 179 Å². The Kier molecular flexibility index (Phi) is 7.42. The molecule has 4 rings (SSSR count). The molecule has 9 atom stereocenters. The minimum absolute atomic E-state index is 0.106. The number of fused-ring (bicyclic) bond motifs is 1. The first-order chi connectivity index (χ1) is 14.5. The van der Waals surface area contributed by atoms with Crippen LogP contribution in [-0.2, 0) is 9.47 Å². The van der Waals surface area contributed by atoms with E-state index in [2.05, 4.69) is 34.0 Å². The van der Waals surface area contributed by atoms with Crippen LogP contribution in [0.1, 0.15) is 32.6 Å². The second-order valence-electron chi connectivity index (χ2n) is 9.45. The number of ether oxygens (including phenoxy) is 2. The monoisotopic (exact) mass is 428 g/mol. The van der Waals surface area contributed by atoms with Gasteiger partial charge in [-0.1, -0.05) is 11.6 Å². The van der Waals surface area contributed by atoms with Crippen molar-refractivity contribution in [1.29, 1.82) is 0 Å². The Morgan fingerprint density at radius 3 is 2.73 bits per heavy atom. The van der Waals surface area contributed by atoms with Crippen LogP contribution in [0, 0.1) is 5.92 Å². The molecule has 3 aliphatic heterocycles. The van der Waals surface area contributed by atoms with Gasteiger partial charge >= 0.3 is 0 Å². The van der Waals surface area contributed by atoms with Crippen LogP contribution in [0.25, 0.3) is 0 Å². The lowest BCUT2D eigenvalue weighted by Crippen LogP contribution is -2.66. The largest absolute Gasteiger partial charge is 0.373 e. The summed E-state index contributed by atoms with van der Waals surface area (Å²) in [5.74, 6) is -0.289. The van der Waals surface area contributed by atoms with Crippen molar-refractivity contribution in [3.05, 3.63) is 11.6 Å². The maximum atomic E-state index is 16.0. The van der Waals surface area contributed by atoms with Crippen LogP contribution in [0.3, 0.4) is 0 Å². The van der Waals surface area contributed by atoms with Crippen molar-refractivity contribution < 1.29 is 18.3 Å². The lowest BCUT2D eigenvalue weighted by molar-refractivity contribution is -0.187. The highest BCUT2D eigenvalue weighted by Gasteiger charge is 2.50. The molecule has 6 nitrogen and oxygen atoms in total. The van der Waals surface area contributed by atoms with Crippen molar-refractivity contribution in [2.75, 3.05) is 40.4 Å². The molecule has 3 heterocycles. The predicted molar refractivity (Wildman–Crippen MR) is 113 cm³/mol. The number of hydrogen-bond donors (Lipinski definition) is 3. The maximum absolute atomic E-state index is 16.0. The zero-order valence-electron chi connectivity index (χ0n) is 18.4. The third-order valence-electron chi connectivity index (χ3n) is 7.36. The molecule has 0 amide bonds. The molecule has 30 heavy (non-hydrogen) atoms. The van der Waals surface area contributed by atoms with Crippen LogP contribution in [-0.4, -0.2) is 94.1 Å². The normalized spacial score (nSPS) is 46.0.